The molecule has 1 atom stereocenters. The molecular formula is C20H26N2O5. The SMILES string of the molecule is CCOc1ccccc1NC(=O)COC(=O)[C@H]1CC(=O)N(C2CCCC2)C1. The Kier molecular flexibility index (Phi) is 6.32. The van der Waals surface area contributed by atoms with Gasteiger partial charge in [-0.2, -0.15) is 0 Å². The van der Waals surface area contributed by atoms with Crippen molar-refractivity contribution in [3.8, 4) is 5.75 Å². The molecule has 3 rings (SSSR count). The number of benzene rings is 1. The first-order chi connectivity index (χ1) is 13.1. The maximum Gasteiger partial charge on any atom is 0.311 e. The van der Waals surface area contributed by atoms with Gasteiger partial charge in [-0.05, 0) is 31.9 Å². The van der Waals surface area contributed by atoms with Crippen molar-refractivity contribution in [1.82, 2.24) is 4.90 Å². The molecule has 7 nitrogen and oxygen atoms in total. The van der Waals surface area contributed by atoms with Crippen LogP contribution in [0.4, 0.5) is 5.69 Å². The summed E-state index contributed by atoms with van der Waals surface area (Å²) in [6, 6.07) is 7.33. The number of nitrogens with one attached hydrogen (secondary N) is 1. The molecule has 146 valence electrons. The van der Waals surface area contributed by atoms with E-state index in [0.717, 1.165) is 25.7 Å². The van der Waals surface area contributed by atoms with Gasteiger partial charge in [0, 0.05) is 19.0 Å². The van der Waals surface area contributed by atoms with Crippen LogP contribution in [0.1, 0.15) is 39.0 Å². The van der Waals surface area contributed by atoms with E-state index in [1.165, 1.54) is 0 Å². The van der Waals surface area contributed by atoms with E-state index in [-0.39, 0.29) is 25.0 Å². The molecule has 1 saturated heterocycles. The van der Waals surface area contributed by atoms with Crippen LogP contribution < -0.4 is 10.1 Å². The van der Waals surface area contributed by atoms with E-state index >= 15 is 0 Å². The third-order valence-electron chi connectivity index (χ3n) is 5.06. The summed E-state index contributed by atoms with van der Waals surface area (Å²) >= 11 is 0. The van der Waals surface area contributed by atoms with E-state index in [1.54, 1.807) is 18.2 Å². The monoisotopic (exact) mass is 374 g/mol. The van der Waals surface area contributed by atoms with Gasteiger partial charge < -0.3 is 19.7 Å². The minimum atomic E-state index is -0.489. The Morgan fingerprint density at radius 1 is 1.22 bits per heavy atom. The Morgan fingerprint density at radius 3 is 2.70 bits per heavy atom. The van der Waals surface area contributed by atoms with Crippen molar-refractivity contribution >= 4 is 23.5 Å². The Hall–Kier alpha value is -2.57. The Balaban J connectivity index is 1.48. The van der Waals surface area contributed by atoms with Crippen LogP contribution in [-0.4, -0.2) is 48.5 Å². The zero-order valence-corrected chi connectivity index (χ0v) is 15.6. The highest BCUT2D eigenvalue weighted by molar-refractivity contribution is 5.94. The lowest BCUT2D eigenvalue weighted by molar-refractivity contribution is -0.151. The molecule has 2 amide bonds. The maximum absolute atomic E-state index is 12.3. The standard InChI is InChI=1S/C20H26N2O5/c1-2-26-17-10-6-5-9-16(17)21-18(23)13-27-20(25)14-11-19(24)22(12-14)15-7-3-4-8-15/h5-6,9-10,14-15H,2-4,7-8,11-13H2,1H3,(H,21,23)/t14-/m0/s1. The number of nitrogens with zero attached hydrogens (tertiary/aromatic N) is 1. The van der Waals surface area contributed by atoms with Crippen LogP contribution in [-0.2, 0) is 19.1 Å². The van der Waals surface area contributed by atoms with Crippen LogP contribution in [0.3, 0.4) is 0 Å². The normalized spacial score (nSPS) is 20.0. The second kappa shape index (κ2) is 8.88. The Morgan fingerprint density at radius 2 is 1.96 bits per heavy atom. The van der Waals surface area contributed by atoms with Crippen molar-refractivity contribution in [3.05, 3.63) is 24.3 Å². The zero-order valence-electron chi connectivity index (χ0n) is 15.6. The second-order valence-corrected chi connectivity index (χ2v) is 6.97. The Labute approximate surface area is 159 Å². The van der Waals surface area contributed by atoms with Crippen molar-refractivity contribution in [1.29, 1.82) is 0 Å². The molecular weight excluding hydrogens is 348 g/mol. The van der Waals surface area contributed by atoms with Crippen molar-refractivity contribution in [2.45, 2.75) is 45.1 Å². The molecule has 0 unspecified atom stereocenters. The van der Waals surface area contributed by atoms with Gasteiger partial charge >= 0.3 is 5.97 Å². The molecule has 0 aromatic heterocycles. The summed E-state index contributed by atoms with van der Waals surface area (Å²) in [5, 5.41) is 2.69. The number of likely N-dealkylation sites (tertiary alicyclic amines) is 1. The van der Waals surface area contributed by atoms with Gasteiger partial charge in [-0.15, -0.1) is 0 Å². The summed E-state index contributed by atoms with van der Waals surface area (Å²) in [6.07, 6.45) is 4.45. The van der Waals surface area contributed by atoms with Crippen molar-refractivity contribution < 1.29 is 23.9 Å². The van der Waals surface area contributed by atoms with Gasteiger partial charge in [-0.3, -0.25) is 14.4 Å². The summed E-state index contributed by atoms with van der Waals surface area (Å²) in [6.45, 7) is 2.36. The minimum absolute atomic E-state index is 0.0129. The van der Waals surface area contributed by atoms with Crippen LogP contribution in [0.25, 0.3) is 0 Å². The van der Waals surface area contributed by atoms with Gasteiger partial charge in [0.15, 0.2) is 6.61 Å². The molecule has 1 saturated carbocycles. The van der Waals surface area contributed by atoms with Gasteiger partial charge in [0.25, 0.3) is 5.91 Å². The highest BCUT2D eigenvalue weighted by Crippen LogP contribution is 2.30. The van der Waals surface area contributed by atoms with Crippen molar-refractivity contribution in [3.63, 3.8) is 0 Å². The number of hydrogen-bond donors (Lipinski definition) is 1. The molecule has 27 heavy (non-hydrogen) atoms. The van der Waals surface area contributed by atoms with E-state index in [0.29, 0.717) is 24.6 Å². The fraction of sp³-hybridized carbons (Fsp3) is 0.550. The van der Waals surface area contributed by atoms with Crippen LogP contribution >= 0.6 is 0 Å². The predicted molar refractivity (Wildman–Crippen MR) is 99.3 cm³/mol. The first-order valence-corrected chi connectivity index (χ1v) is 9.56. The van der Waals surface area contributed by atoms with Crippen LogP contribution in [0.15, 0.2) is 24.3 Å². The summed E-state index contributed by atoms with van der Waals surface area (Å²) in [5.41, 5.74) is 0.531. The first kappa shape index (κ1) is 19.2. The molecule has 0 bridgehead atoms. The molecule has 0 spiro atoms. The molecule has 1 aliphatic carbocycles. The van der Waals surface area contributed by atoms with Gasteiger partial charge in [0.2, 0.25) is 5.91 Å². The summed E-state index contributed by atoms with van der Waals surface area (Å²) < 4.78 is 10.6. The highest BCUT2D eigenvalue weighted by atomic mass is 16.5. The Bertz CT molecular complexity index is 699. The number of rotatable bonds is 7. The number of carbonyl (C=O) groups is 3. The number of carbonyl (C=O) groups excluding carboxylic acids is 3. The first-order valence-electron chi connectivity index (χ1n) is 9.56. The quantitative estimate of drug-likeness (QED) is 0.741. The average molecular weight is 374 g/mol. The molecule has 1 aliphatic heterocycles. The van der Waals surface area contributed by atoms with Gasteiger partial charge in [-0.25, -0.2) is 0 Å². The maximum atomic E-state index is 12.3. The lowest BCUT2D eigenvalue weighted by Crippen LogP contribution is -2.35. The number of anilines is 1. The van der Waals surface area contributed by atoms with Crippen LogP contribution in [0, 0.1) is 5.92 Å². The number of esters is 1. The van der Waals surface area contributed by atoms with Crippen LogP contribution in [0.2, 0.25) is 0 Å². The van der Waals surface area contributed by atoms with Crippen LogP contribution in [0.5, 0.6) is 5.75 Å². The lowest BCUT2D eigenvalue weighted by Gasteiger charge is -2.23. The topological polar surface area (TPSA) is 84.9 Å². The number of para-hydroxylation sites is 2. The van der Waals surface area contributed by atoms with Gasteiger partial charge in [-0.1, -0.05) is 25.0 Å². The highest BCUT2D eigenvalue weighted by Gasteiger charge is 2.39. The van der Waals surface area contributed by atoms with E-state index in [2.05, 4.69) is 5.32 Å². The predicted octanol–water partition coefficient (Wildman–Crippen LogP) is 2.36. The third-order valence-corrected chi connectivity index (χ3v) is 5.06. The molecule has 2 fully saturated rings. The van der Waals surface area contributed by atoms with Gasteiger partial charge in [0.05, 0.1) is 18.2 Å². The summed E-state index contributed by atoms with van der Waals surface area (Å²) in [4.78, 5) is 38.4. The smallest absolute Gasteiger partial charge is 0.311 e. The minimum Gasteiger partial charge on any atom is -0.492 e. The fourth-order valence-corrected chi connectivity index (χ4v) is 3.75. The van der Waals surface area contributed by atoms with E-state index in [1.807, 2.05) is 17.9 Å². The van der Waals surface area contributed by atoms with E-state index < -0.39 is 17.8 Å². The molecule has 1 heterocycles. The summed E-state index contributed by atoms with van der Waals surface area (Å²) in [5.74, 6) is -0.835. The zero-order chi connectivity index (χ0) is 19.2. The molecule has 1 N–H and O–H groups in total. The fourth-order valence-electron chi connectivity index (χ4n) is 3.75. The molecule has 1 aromatic carbocycles. The third kappa shape index (κ3) is 4.78. The van der Waals surface area contributed by atoms with Crippen molar-refractivity contribution in [2.75, 3.05) is 25.1 Å². The average Bonchev–Trinajstić information content (AvgIpc) is 3.31. The molecule has 2 aliphatic rings. The molecule has 0 radical (unpaired) electrons. The van der Waals surface area contributed by atoms with E-state index in [9.17, 15) is 14.4 Å². The largest absolute Gasteiger partial charge is 0.492 e. The summed E-state index contributed by atoms with van der Waals surface area (Å²) in [7, 11) is 0. The molecule has 7 heteroatoms. The molecule has 1 aromatic rings. The second-order valence-electron chi connectivity index (χ2n) is 6.97. The number of ether oxygens (including phenoxy) is 2. The van der Waals surface area contributed by atoms with Gasteiger partial charge in [0.1, 0.15) is 5.75 Å². The van der Waals surface area contributed by atoms with Crippen molar-refractivity contribution in [2.24, 2.45) is 5.92 Å². The number of hydrogen-bond acceptors (Lipinski definition) is 5. The number of amides is 2. The lowest BCUT2D eigenvalue weighted by atomic mass is 10.1. The van der Waals surface area contributed by atoms with E-state index in [4.69, 9.17) is 9.47 Å².